The van der Waals surface area contributed by atoms with Gasteiger partial charge in [-0.15, -0.1) is 0 Å². The molecule has 0 radical (unpaired) electrons. The van der Waals surface area contributed by atoms with Crippen LogP contribution in [0.1, 0.15) is 5.56 Å². The summed E-state index contributed by atoms with van der Waals surface area (Å²) in [6.07, 6.45) is 1.33. The maximum atomic E-state index is 12.2. The van der Waals surface area contributed by atoms with Crippen LogP contribution < -0.4 is 30.2 Å². The van der Waals surface area contributed by atoms with Crippen molar-refractivity contribution in [1.29, 1.82) is 0 Å². The van der Waals surface area contributed by atoms with Crippen LogP contribution in [0.3, 0.4) is 0 Å². The van der Waals surface area contributed by atoms with Crippen molar-refractivity contribution in [1.82, 2.24) is 10.6 Å². The highest BCUT2D eigenvalue weighted by Gasteiger charge is 2.26. The number of hydrogen-bond donors (Lipinski definition) is 3. The zero-order valence-electron chi connectivity index (χ0n) is 17.0. The van der Waals surface area contributed by atoms with Gasteiger partial charge in [0.1, 0.15) is 11.3 Å². The van der Waals surface area contributed by atoms with Gasteiger partial charge in [0.25, 0.3) is 17.7 Å². The Balaban J connectivity index is 1.73. The van der Waals surface area contributed by atoms with Crippen molar-refractivity contribution in [3.05, 3.63) is 52.6 Å². The van der Waals surface area contributed by atoms with Gasteiger partial charge in [-0.2, -0.15) is 0 Å². The third-order valence-electron chi connectivity index (χ3n) is 4.23. The van der Waals surface area contributed by atoms with Gasteiger partial charge < -0.3 is 19.5 Å². The molecule has 2 aromatic carbocycles. The highest BCUT2D eigenvalue weighted by Crippen LogP contribution is 2.37. The summed E-state index contributed by atoms with van der Waals surface area (Å²) in [5.74, 6) is -0.662. The van der Waals surface area contributed by atoms with Crippen LogP contribution >= 0.6 is 23.8 Å². The van der Waals surface area contributed by atoms with Crippen molar-refractivity contribution in [2.24, 2.45) is 0 Å². The Labute approximate surface area is 193 Å². The molecule has 1 heterocycles. The molecule has 3 amide bonds. The van der Waals surface area contributed by atoms with E-state index in [9.17, 15) is 14.4 Å². The Kier molecular flexibility index (Phi) is 7.29. The fourth-order valence-electron chi connectivity index (χ4n) is 2.75. The molecule has 0 spiro atoms. The SMILES string of the molecule is COc1ccc(NC(=O)COc2c(Cl)cc(C=C3C(=O)NC(=S)NC3=O)cc2OC)cc1. The van der Waals surface area contributed by atoms with E-state index in [-0.39, 0.29) is 33.8 Å². The van der Waals surface area contributed by atoms with Crippen LogP contribution in [0.2, 0.25) is 5.02 Å². The summed E-state index contributed by atoms with van der Waals surface area (Å²) in [5.41, 5.74) is 0.835. The number of methoxy groups -OCH3 is 2. The molecule has 32 heavy (non-hydrogen) atoms. The van der Waals surface area contributed by atoms with Crippen molar-refractivity contribution >= 4 is 58.4 Å². The van der Waals surface area contributed by atoms with Gasteiger partial charge in [-0.1, -0.05) is 11.6 Å². The summed E-state index contributed by atoms with van der Waals surface area (Å²) < 4.78 is 15.9. The van der Waals surface area contributed by atoms with E-state index in [0.29, 0.717) is 17.0 Å². The molecule has 0 saturated carbocycles. The van der Waals surface area contributed by atoms with E-state index >= 15 is 0 Å². The van der Waals surface area contributed by atoms with Crippen molar-refractivity contribution in [2.45, 2.75) is 0 Å². The average Bonchev–Trinajstić information content (AvgIpc) is 2.75. The lowest BCUT2D eigenvalue weighted by Crippen LogP contribution is -2.51. The molecule has 3 rings (SSSR count). The number of amides is 3. The Morgan fingerprint density at radius 2 is 1.75 bits per heavy atom. The molecule has 1 aliphatic rings. The smallest absolute Gasteiger partial charge is 0.263 e. The van der Waals surface area contributed by atoms with E-state index < -0.39 is 17.7 Å². The second-order valence-electron chi connectivity index (χ2n) is 6.39. The van der Waals surface area contributed by atoms with Crippen LogP contribution in [0.15, 0.2) is 42.0 Å². The maximum absolute atomic E-state index is 12.2. The van der Waals surface area contributed by atoms with Crippen molar-refractivity contribution in [3.8, 4) is 17.2 Å². The minimum Gasteiger partial charge on any atom is -0.497 e. The average molecular weight is 476 g/mol. The Hall–Kier alpha value is -3.63. The van der Waals surface area contributed by atoms with Gasteiger partial charge in [0, 0.05) is 5.69 Å². The lowest BCUT2D eigenvalue weighted by Gasteiger charge is -2.17. The molecule has 0 aliphatic carbocycles. The minimum absolute atomic E-state index is 0.0653. The van der Waals surface area contributed by atoms with Crippen molar-refractivity contribution in [2.75, 3.05) is 26.1 Å². The molecular formula is C21H18ClN3O6S. The topological polar surface area (TPSA) is 115 Å². The largest absolute Gasteiger partial charge is 0.497 e. The third-order valence-corrected chi connectivity index (χ3v) is 4.71. The van der Waals surface area contributed by atoms with Crippen LogP contribution in [0, 0.1) is 0 Å². The zero-order chi connectivity index (χ0) is 23.3. The van der Waals surface area contributed by atoms with E-state index in [2.05, 4.69) is 16.0 Å². The fourth-order valence-corrected chi connectivity index (χ4v) is 3.20. The number of halogens is 1. The summed E-state index contributed by atoms with van der Waals surface area (Å²) in [7, 11) is 2.94. The number of carbonyl (C=O) groups is 3. The number of ether oxygens (including phenoxy) is 3. The quantitative estimate of drug-likeness (QED) is 0.320. The second-order valence-corrected chi connectivity index (χ2v) is 7.21. The highest BCUT2D eigenvalue weighted by molar-refractivity contribution is 7.80. The van der Waals surface area contributed by atoms with E-state index in [1.165, 1.54) is 25.3 Å². The molecule has 1 aliphatic heterocycles. The number of anilines is 1. The number of hydrogen-bond acceptors (Lipinski definition) is 7. The normalized spacial score (nSPS) is 13.1. The van der Waals surface area contributed by atoms with Gasteiger partial charge in [-0.25, -0.2) is 0 Å². The number of rotatable bonds is 7. The van der Waals surface area contributed by atoms with Crippen molar-refractivity contribution in [3.63, 3.8) is 0 Å². The first kappa shape index (κ1) is 23.0. The maximum Gasteiger partial charge on any atom is 0.263 e. The summed E-state index contributed by atoms with van der Waals surface area (Å²) >= 11 is 11.1. The summed E-state index contributed by atoms with van der Waals surface area (Å²) in [4.78, 5) is 36.3. The standard InChI is InChI=1S/C21H18ClN3O6S/c1-29-13-5-3-12(4-6-13)23-17(26)10-31-18-15(22)8-11(9-16(18)30-2)7-14-19(27)24-21(32)25-20(14)28/h3-9H,10H2,1-2H3,(H,23,26)(H2,24,25,27,28,32). The third kappa shape index (κ3) is 5.54. The lowest BCUT2D eigenvalue weighted by molar-refractivity contribution is -0.123. The zero-order valence-corrected chi connectivity index (χ0v) is 18.6. The monoisotopic (exact) mass is 475 g/mol. The van der Waals surface area contributed by atoms with E-state index in [1.54, 1.807) is 31.4 Å². The molecule has 3 N–H and O–H groups in total. The lowest BCUT2D eigenvalue weighted by atomic mass is 10.1. The molecule has 0 atom stereocenters. The van der Waals surface area contributed by atoms with Crippen LogP contribution in [0.25, 0.3) is 6.08 Å². The van der Waals surface area contributed by atoms with Crippen molar-refractivity contribution < 1.29 is 28.6 Å². The number of benzene rings is 2. The Morgan fingerprint density at radius 1 is 1.09 bits per heavy atom. The van der Waals surface area contributed by atoms with Crippen LogP contribution in [0.4, 0.5) is 5.69 Å². The van der Waals surface area contributed by atoms with Gasteiger partial charge in [0.05, 0.1) is 19.2 Å². The number of thiocarbonyl (C=S) groups is 1. The molecule has 1 saturated heterocycles. The highest BCUT2D eigenvalue weighted by atomic mass is 35.5. The molecule has 166 valence electrons. The van der Waals surface area contributed by atoms with Crippen LogP contribution in [0.5, 0.6) is 17.2 Å². The molecule has 2 aromatic rings. The minimum atomic E-state index is -0.635. The second kappa shape index (κ2) is 10.1. The molecule has 11 heteroatoms. The first-order chi connectivity index (χ1) is 15.3. The van der Waals surface area contributed by atoms with E-state index in [4.69, 9.17) is 38.0 Å². The van der Waals surface area contributed by atoms with Gasteiger partial charge in [-0.3, -0.25) is 25.0 Å². The molecule has 9 nitrogen and oxygen atoms in total. The van der Waals surface area contributed by atoms with E-state index in [0.717, 1.165) is 0 Å². The first-order valence-electron chi connectivity index (χ1n) is 9.13. The molecular weight excluding hydrogens is 458 g/mol. The molecule has 0 unspecified atom stereocenters. The summed E-state index contributed by atoms with van der Waals surface area (Å²) in [5, 5.41) is 7.44. The predicted molar refractivity (Wildman–Crippen MR) is 122 cm³/mol. The predicted octanol–water partition coefficient (Wildman–Crippen LogP) is 2.29. The Bertz CT molecular complexity index is 1100. The number of nitrogens with one attached hydrogen (secondary N) is 3. The van der Waals surface area contributed by atoms with Crippen LogP contribution in [-0.2, 0) is 14.4 Å². The molecule has 1 fully saturated rings. The fraction of sp³-hybridized carbons (Fsp3) is 0.143. The van der Waals surface area contributed by atoms with Gasteiger partial charge in [0.15, 0.2) is 23.2 Å². The van der Waals surface area contributed by atoms with Gasteiger partial charge in [0.2, 0.25) is 0 Å². The van der Waals surface area contributed by atoms with Gasteiger partial charge in [-0.05, 0) is 60.3 Å². The van der Waals surface area contributed by atoms with Crippen LogP contribution in [-0.4, -0.2) is 43.7 Å². The number of carbonyl (C=O) groups excluding carboxylic acids is 3. The van der Waals surface area contributed by atoms with E-state index in [1.807, 2.05) is 0 Å². The van der Waals surface area contributed by atoms with Gasteiger partial charge >= 0.3 is 0 Å². The first-order valence-corrected chi connectivity index (χ1v) is 9.92. The molecule has 0 bridgehead atoms. The summed E-state index contributed by atoms with van der Waals surface area (Å²) in [6.45, 7) is -0.329. The summed E-state index contributed by atoms with van der Waals surface area (Å²) in [6, 6.07) is 9.80. The Morgan fingerprint density at radius 3 is 2.34 bits per heavy atom. The molecule has 0 aromatic heterocycles.